The van der Waals surface area contributed by atoms with Crippen molar-refractivity contribution < 1.29 is 14.1 Å². The van der Waals surface area contributed by atoms with Gasteiger partial charge in [0.15, 0.2) is 6.10 Å². The molecule has 0 aliphatic carbocycles. The van der Waals surface area contributed by atoms with Crippen molar-refractivity contribution in [1.82, 2.24) is 15.5 Å². The molecule has 28 heavy (non-hydrogen) atoms. The molecule has 6 nitrogen and oxygen atoms in total. The standard InChI is InChI=1S/C21H22BrN3O3/c1-3-14-8-10-17(11-9-14)27-18(4-2)21(26)23-13-19-24-20(25-28-19)15-6-5-7-16(22)12-15/h5-12,18H,3-4,13H2,1-2H3,(H,23,26)/t18-/m1/s1. The fourth-order valence-corrected chi connectivity index (χ4v) is 3.04. The normalized spacial score (nSPS) is 11.8. The van der Waals surface area contributed by atoms with Gasteiger partial charge in [-0.3, -0.25) is 4.79 Å². The highest BCUT2D eigenvalue weighted by molar-refractivity contribution is 9.10. The van der Waals surface area contributed by atoms with Crippen LogP contribution in [0.4, 0.5) is 0 Å². The van der Waals surface area contributed by atoms with E-state index < -0.39 is 6.10 Å². The molecule has 1 N–H and O–H groups in total. The number of benzene rings is 2. The number of nitrogens with one attached hydrogen (secondary N) is 1. The Kier molecular flexibility index (Phi) is 6.81. The predicted molar refractivity (Wildman–Crippen MR) is 110 cm³/mol. The fraction of sp³-hybridized carbons (Fsp3) is 0.286. The van der Waals surface area contributed by atoms with Crippen LogP contribution in [0.3, 0.4) is 0 Å². The lowest BCUT2D eigenvalue weighted by Gasteiger charge is -2.17. The molecule has 0 unspecified atom stereocenters. The van der Waals surface area contributed by atoms with Gasteiger partial charge in [-0.05, 0) is 42.7 Å². The summed E-state index contributed by atoms with van der Waals surface area (Å²) >= 11 is 3.42. The second kappa shape index (κ2) is 9.50. The van der Waals surface area contributed by atoms with E-state index in [1.807, 2.05) is 55.5 Å². The van der Waals surface area contributed by atoms with Gasteiger partial charge < -0.3 is 14.6 Å². The zero-order valence-corrected chi connectivity index (χ0v) is 17.4. The summed E-state index contributed by atoms with van der Waals surface area (Å²) < 4.78 is 12.0. The first-order valence-electron chi connectivity index (χ1n) is 9.20. The molecular formula is C21H22BrN3O3. The predicted octanol–water partition coefficient (Wildman–Crippen LogP) is 4.54. The van der Waals surface area contributed by atoms with Crippen LogP contribution in [0.1, 0.15) is 31.7 Å². The SMILES string of the molecule is CCc1ccc(O[C@H](CC)C(=O)NCc2nc(-c3cccc(Br)c3)no2)cc1. The molecule has 0 bridgehead atoms. The van der Waals surface area contributed by atoms with E-state index in [9.17, 15) is 4.79 Å². The topological polar surface area (TPSA) is 77.2 Å². The number of carbonyl (C=O) groups is 1. The number of hydrogen-bond acceptors (Lipinski definition) is 5. The van der Waals surface area contributed by atoms with Crippen molar-refractivity contribution in [1.29, 1.82) is 0 Å². The van der Waals surface area contributed by atoms with Crippen LogP contribution in [-0.4, -0.2) is 22.2 Å². The zero-order valence-electron chi connectivity index (χ0n) is 15.8. The summed E-state index contributed by atoms with van der Waals surface area (Å²) in [5, 5.41) is 6.76. The van der Waals surface area contributed by atoms with Crippen molar-refractivity contribution in [2.75, 3.05) is 0 Å². The molecule has 1 atom stereocenters. The molecule has 3 aromatic rings. The number of ether oxygens (including phenoxy) is 1. The molecule has 1 amide bonds. The molecule has 1 aromatic heterocycles. The summed E-state index contributed by atoms with van der Waals surface area (Å²) in [6.07, 6.45) is 0.929. The summed E-state index contributed by atoms with van der Waals surface area (Å²) in [5.41, 5.74) is 2.06. The summed E-state index contributed by atoms with van der Waals surface area (Å²) in [6.45, 7) is 4.15. The number of halogens is 1. The van der Waals surface area contributed by atoms with Crippen LogP contribution in [0.2, 0.25) is 0 Å². The van der Waals surface area contributed by atoms with Crippen molar-refractivity contribution in [2.24, 2.45) is 0 Å². The van der Waals surface area contributed by atoms with Crippen molar-refractivity contribution in [3.05, 3.63) is 64.5 Å². The number of hydrogen-bond donors (Lipinski definition) is 1. The van der Waals surface area contributed by atoms with E-state index >= 15 is 0 Å². The molecule has 0 saturated carbocycles. The quantitative estimate of drug-likeness (QED) is 0.552. The number of carbonyl (C=O) groups excluding carboxylic acids is 1. The van der Waals surface area contributed by atoms with Crippen LogP contribution >= 0.6 is 15.9 Å². The van der Waals surface area contributed by atoms with Gasteiger partial charge in [-0.15, -0.1) is 0 Å². The van der Waals surface area contributed by atoms with E-state index in [2.05, 4.69) is 38.3 Å². The van der Waals surface area contributed by atoms with E-state index in [0.717, 1.165) is 16.5 Å². The Bertz CT molecular complexity index is 925. The highest BCUT2D eigenvalue weighted by Crippen LogP contribution is 2.20. The van der Waals surface area contributed by atoms with Crippen LogP contribution in [0, 0.1) is 0 Å². The maximum absolute atomic E-state index is 12.5. The van der Waals surface area contributed by atoms with Crippen LogP contribution in [-0.2, 0) is 17.8 Å². The van der Waals surface area contributed by atoms with Gasteiger partial charge in [0.25, 0.3) is 5.91 Å². The average molecular weight is 444 g/mol. The third kappa shape index (κ3) is 5.19. The first kappa shape index (κ1) is 20.1. The van der Waals surface area contributed by atoms with E-state index in [0.29, 0.717) is 23.9 Å². The molecule has 0 spiro atoms. The lowest BCUT2D eigenvalue weighted by molar-refractivity contribution is -0.128. The largest absolute Gasteiger partial charge is 0.481 e. The van der Waals surface area contributed by atoms with E-state index in [1.54, 1.807) is 0 Å². The van der Waals surface area contributed by atoms with Gasteiger partial charge in [0.1, 0.15) is 5.75 Å². The number of rotatable bonds is 8. The number of aryl methyl sites for hydroxylation is 1. The Morgan fingerprint density at radius 3 is 2.68 bits per heavy atom. The molecule has 2 aromatic carbocycles. The highest BCUT2D eigenvalue weighted by Gasteiger charge is 2.19. The molecule has 0 aliphatic heterocycles. The lowest BCUT2D eigenvalue weighted by Crippen LogP contribution is -2.37. The lowest BCUT2D eigenvalue weighted by atomic mass is 10.2. The number of nitrogens with zero attached hydrogens (tertiary/aromatic N) is 2. The Morgan fingerprint density at radius 2 is 2.00 bits per heavy atom. The van der Waals surface area contributed by atoms with Crippen molar-refractivity contribution >= 4 is 21.8 Å². The summed E-state index contributed by atoms with van der Waals surface area (Å²) in [6, 6.07) is 15.4. The smallest absolute Gasteiger partial charge is 0.261 e. The van der Waals surface area contributed by atoms with Crippen LogP contribution < -0.4 is 10.1 Å². The van der Waals surface area contributed by atoms with E-state index in [1.165, 1.54) is 5.56 Å². The molecule has 1 heterocycles. The van der Waals surface area contributed by atoms with Gasteiger partial charge in [0.05, 0.1) is 6.54 Å². The zero-order chi connectivity index (χ0) is 19.9. The minimum atomic E-state index is -0.583. The molecule has 7 heteroatoms. The number of amides is 1. The molecule has 0 aliphatic rings. The van der Waals surface area contributed by atoms with Gasteiger partial charge in [0.2, 0.25) is 11.7 Å². The summed E-state index contributed by atoms with van der Waals surface area (Å²) in [5.74, 6) is 1.27. The van der Waals surface area contributed by atoms with Crippen LogP contribution in [0.25, 0.3) is 11.4 Å². The maximum Gasteiger partial charge on any atom is 0.261 e. The minimum absolute atomic E-state index is 0.147. The minimum Gasteiger partial charge on any atom is -0.481 e. The second-order valence-corrected chi connectivity index (χ2v) is 7.17. The Hall–Kier alpha value is -2.67. The Labute approximate surface area is 172 Å². The van der Waals surface area contributed by atoms with Gasteiger partial charge in [-0.1, -0.05) is 59.2 Å². The van der Waals surface area contributed by atoms with E-state index in [-0.39, 0.29) is 12.5 Å². The highest BCUT2D eigenvalue weighted by atomic mass is 79.9. The summed E-state index contributed by atoms with van der Waals surface area (Å²) in [4.78, 5) is 16.8. The third-order valence-corrected chi connectivity index (χ3v) is 4.73. The molecular weight excluding hydrogens is 422 g/mol. The Balaban J connectivity index is 1.57. The molecule has 3 rings (SSSR count). The first-order valence-corrected chi connectivity index (χ1v) is 10.00. The van der Waals surface area contributed by atoms with Crippen molar-refractivity contribution in [3.63, 3.8) is 0 Å². The van der Waals surface area contributed by atoms with Crippen LogP contribution in [0.15, 0.2) is 57.5 Å². The van der Waals surface area contributed by atoms with Gasteiger partial charge >= 0.3 is 0 Å². The average Bonchev–Trinajstić information content (AvgIpc) is 3.20. The molecule has 0 fully saturated rings. The van der Waals surface area contributed by atoms with Gasteiger partial charge in [-0.25, -0.2) is 0 Å². The number of aromatic nitrogens is 2. The van der Waals surface area contributed by atoms with Gasteiger partial charge in [0, 0.05) is 10.0 Å². The third-order valence-electron chi connectivity index (χ3n) is 4.24. The van der Waals surface area contributed by atoms with Crippen molar-refractivity contribution in [3.8, 4) is 17.1 Å². The molecule has 0 saturated heterocycles. The monoisotopic (exact) mass is 443 g/mol. The van der Waals surface area contributed by atoms with Crippen molar-refractivity contribution in [2.45, 2.75) is 39.3 Å². The maximum atomic E-state index is 12.5. The van der Waals surface area contributed by atoms with Gasteiger partial charge in [-0.2, -0.15) is 4.98 Å². The van der Waals surface area contributed by atoms with E-state index in [4.69, 9.17) is 9.26 Å². The Morgan fingerprint density at radius 1 is 1.21 bits per heavy atom. The van der Waals surface area contributed by atoms with Crippen LogP contribution in [0.5, 0.6) is 5.75 Å². The first-order chi connectivity index (χ1) is 13.6. The fourth-order valence-electron chi connectivity index (χ4n) is 2.64. The summed E-state index contributed by atoms with van der Waals surface area (Å²) in [7, 11) is 0. The molecule has 0 radical (unpaired) electrons. The molecule has 146 valence electrons. The second-order valence-electron chi connectivity index (χ2n) is 6.25.